The summed E-state index contributed by atoms with van der Waals surface area (Å²) in [6.45, 7) is -0.600. The molecule has 5 aliphatic rings. The average Bonchev–Trinajstić information content (AvgIpc) is 2.87. The van der Waals surface area contributed by atoms with Crippen LogP contribution in [0.5, 0.6) is 0 Å². The lowest BCUT2D eigenvalue weighted by atomic mass is 9.50. The first-order chi connectivity index (χ1) is 15.7. The van der Waals surface area contributed by atoms with Crippen LogP contribution in [0.4, 0.5) is 8.78 Å². The Hall–Kier alpha value is -1.90. The van der Waals surface area contributed by atoms with E-state index >= 15 is 0 Å². The van der Waals surface area contributed by atoms with Crippen molar-refractivity contribution in [1.82, 2.24) is 0 Å². The Kier molecular flexibility index (Phi) is 6.19. The molecule has 34 heavy (non-hydrogen) atoms. The lowest BCUT2D eigenvalue weighted by molar-refractivity contribution is -0.277. The van der Waals surface area contributed by atoms with Gasteiger partial charge in [-0.05, 0) is 38.0 Å². The summed E-state index contributed by atoms with van der Waals surface area (Å²) < 4.78 is 79.3. The van der Waals surface area contributed by atoms with Gasteiger partial charge in [0.2, 0.25) is 0 Å². The average molecular weight is 512 g/mol. The molecule has 1 saturated heterocycles. The highest BCUT2D eigenvalue weighted by Crippen LogP contribution is 2.62. The third kappa shape index (κ3) is 4.90. The summed E-state index contributed by atoms with van der Waals surface area (Å²) in [5, 5.41) is 5.83. The Labute approximate surface area is 193 Å². The van der Waals surface area contributed by atoms with Gasteiger partial charge in [0.1, 0.15) is 24.9 Å². The first kappa shape index (κ1) is 25.2. The summed E-state index contributed by atoms with van der Waals surface area (Å²) in [6, 6.07) is 0. The molecule has 1 heterocycles. The maximum Gasteiger partial charge on any atom is 0.465 e. The van der Waals surface area contributed by atoms with Gasteiger partial charge in [-0.1, -0.05) is 0 Å². The molecule has 4 saturated carbocycles. The van der Waals surface area contributed by atoms with E-state index in [9.17, 15) is 36.7 Å². The van der Waals surface area contributed by atoms with Gasteiger partial charge in [0.15, 0.2) is 0 Å². The molecular formula is C20H26F2O11S. The number of esters is 3. The van der Waals surface area contributed by atoms with Crippen molar-refractivity contribution in [1.29, 1.82) is 0 Å². The molecule has 2 N–H and O–H groups in total. The fourth-order valence-electron chi connectivity index (χ4n) is 6.19. The predicted molar refractivity (Wildman–Crippen MR) is 105 cm³/mol. The van der Waals surface area contributed by atoms with Gasteiger partial charge in [0.25, 0.3) is 0 Å². The quantitative estimate of drug-likeness (QED) is 0.283. The molecule has 14 heteroatoms. The molecule has 1 aliphatic heterocycles. The Morgan fingerprint density at radius 3 is 2.50 bits per heavy atom. The van der Waals surface area contributed by atoms with E-state index in [4.69, 9.17) is 23.5 Å². The Morgan fingerprint density at radius 2 is 1.82 bits per heavy atom. The summed E-state index contributed by atoms with van der Waals surface area (Å²) in [5.74, 6) is -3.84. The van der Waals surface area contributed by atoms with E-state index in [1.54, 1.807) is 0 Å². The van der Waals surface area contributed by atoms with Gasteiger partial charge in [-0.3, -0.25) is 9.35 Å². The predicted octanol–water partition coefficient (Wildman–Crippen LogP) is 0.872. The van der Waals surface area contributed by atoms with Gasteiger partial charge in [-0.25, -0.2) is 9.59 Å². The maximum atomic E-state index is 13.8. The molecule has 0 spiro atoms. The van der Waals surface area contributed by atoms with Crippen LogP contribution in [0.3, 0.4) is 0 Å². The van der Waals surface area contributed by atoms with Crippen molar-refractivity contribution in [3.8, 4) is 0 Å². The molecule has 0 aromatic heterocycles. The number of hydrogen-bond acceptors (Lipinski definition) is 10. The molecule has 4 bridgehead atoms. The minimum Gasteiger partial charge on any atom is -0.462 e. The van der Waals surface area contributed by atoms with Crippen LogP contribution in [-0.2, 0) is 43.4 Å². The molecule has 0 radical (unpaired) electrons. The summed E-state index contributed by atoms with van der Waals surface area (Å²) in [4.78, 5) is 35.7. The van der Waals surface area contributed by atoms with E-state index in [1.165, 1.54) is 0 Å². The second-order valence-electron chi connectivity index (χ2n) is 9.96. The number of alkyl halides is 2. The lowest BCUT2D eigenvalue weighted by Crippen LogP contribution is -2.68. The zero-order valence-corrected chi connectivity index (χ0v) is 19.0. The minimum absolute atomic E-state index is 0.0683. The SMILES string of the molecule is O=C1CCCC(OC(=O)COC23CC4CC(O)(C2)CC(OC(=O)C(F)(F)S(=O)(=O)O)(C4)C3)CO1. The van der Waals surface area contributed by atoms with Gasteiger partial charge in [-0.2, -0.15) is 17.2 Å². The molecule has 5 atom stereocenters. The molecular weight excluding hydrogens is 486 g/mol. The fourth-order valence-corrected chi connectivity index (χ4v) is 6.44. The fraction of sp³-hybridized carbons (Fsp3) is 0.850. The zero-order valence-electron chi connectivity index (χ0n) is 18.2. The normalized spacial score (nSPS) is 37.6. The monoisotopic (exact) mass is 512 g/mol. The summed E-state index contributed by atoms with van der Waals surface area (Å²) in [6.07, 6.45) is 1.05. The molecule has 5 rings (SSSR count). The van der Waals surface area contributed by atoms with Crippen LogP contribution >= 0.6 is 0 Å². The van der Waals surface area contributed by atoms with Crippen molar-refractivity contribution in [3.63, 3.8) is 0 Å². The van der Waals surface area contributed by atoms with Crippen molar-refractivity contribution >= 4 is 28.0 Å². The Balaban J connectivity index is 1.44. The first-order valence-electron chi connectivity index (χ1n) is 10.9. The molecule has 5 unspecified atom stereocenters. The third-order valence-electron chi connectivity index (χ3n) is 6.94. The van der Waals surface area contributed by atoms with E-state index in [0.717, 1.165) is 0 Å². The van der Waals surface area contributed by atoms with Crippen LogP contribution in [0.15, 0.2) is 0 Å². The maximum absolute atomic E-state index is 13.8. The highest BCUT2D eigenvalue weighted by Gasteiger charge is 2.67. The molecule has 192 valence electrons. The summed E-state index contributed by atoms with van der Waals surface area (Å²) in [7, 11) is -6.05. The van der Waals surface area contributed by atoms with E-state index in [0.29, 0.717) is 25.7 Å². The standard InChI is InChI=1S/C20H26F2O11S/c21-20(22,34(27,28)29)16(25)33-19-6-12-4-17(26,10-19)9-18(5-12,11-19)31-8-15(24)32-13-2-1-3-14(23)30-7-13/h12-13,26H,1-11H2,(H,27,28,29). The van der Waals surface area contributed by atoms with Crippen molar-refractivity contribution in [2.45, 2.75) is 85.9 Å². The molecule has 0 amide bonds. The van der Waals surface area contributed by atoms with E-state index in [2.05, 4.69) is 0 Å². The smallest absolute Gasteiger partial charge is 0.462 e. The van der Waals surface area contributed by atoms with Crippen molar-refractivity contribution in [2.75, 3.05) is 13.2 Å². The van der Waals surface area contributed by atoms with E-state index < -0.39 is 56.8 Å². The summed E-state index contributed by atoms with van der Waals surface area (Å²) in [5.41, 5.74) is -4.25. The topological polar surface area (TPSA) is 163 Å². The number of hydrogen-bond donors (Lipinski definition) is 2. The molecule has 4 aliphatic carbocycles. The van der Waals surface area contributed by atoms with Gasteiger partial charge in [0, 0.05) is 25.7 Å². The van der Waals surface area contributed by atoms with E-state index in [-0.39, 0.29) is 50.6 Å². The number of carbonyl (C=O) groups excluding carboxylic acids is 3. The highest BCUT2D eigenvalue weighted by molar-refractivity contribution is 7.87. The number of cyclic esters (lactones) is 1. The first-order valence-corrected chi connectivity index (χ1v) is 12.4. The van der Waals surface area contributed by atoms with Crippen LogP contribution in [0.25, 0.3) is 0 Å². The van der Waals surface area contributed by atoms with E-state index in [1.807, 2.05) is 0 Å². The van der Waals surface area contributed by atoms with Crippen LogP contribution in [-0.4, -0.2) is 77.4 Å². The minimum atomic E-state index is -6.05. The van der Waals surface area contributed by atoms with Crippen LogP contribution in [0, 0.1) is 5.92 Å². The Morgan fingerprint density at radius 1 is 1.15 bits per heavy atom. The van der Waals surface area contributed by atoms with Gasteiger partial charge < -0.3 is 24.1 Å². The molecule has 11 nitrogen and oxygen atoms in total. The molecule has 0 aromatic carbocycles. The number of ether oxygens (including phenoxy) is 4. The third-order valence-corrected chi connectivity index (χ3v) is 7.75. The van der Waals surface area contributed by atoms with Crippen molar-refractivity contribution in [3.05, 3.63) is 0 Å². The summed E-state index contributed by atoms with van der Waals surface area (Å²) >= 11 is 0. The van der Waals surface area contributed by atoms with Crippen LogP contribution in [0.1, 0.15) is 57.8 Å². The van der Waals surface area contributed by atoms with Gasteiger partial charge in [-0.15, -0.1) is 0 Å². The number of rotatable bonds is 7. The second-order valence-corrected chi connectivity index (χ2v) is 11.4. The van der Waals surface area contributed by atoms with Crippen LogP contribution in [0.2, 0.25) is 0 Å². The van der Waals surface area contributed by atoms with Gasteiger partial charge in [0.05, 0.1) is 11.2 Å². The highest BCUT2D eigenvalue weighted by atomic mass is 32.2. The van der Waals surface area contributed by atoms with Crippen LogP contribution < -0.4 is 0 Å². The van der Waals surface area contributed by atoms with Crippen molar-refractivity contribution in [2.24, 2.45) is 5.92 Å². The zero-order chi connectivity index (χ0) is 25.0. The van der Waals surface area contributed by atoms with Crippen molar-refractivity contribution < 1.29 is 60.2 Å². The Bertz CT molecular complexity index is 985. The lowest BCUT2D eigenvalue weighted by Gasteiger charge is -2.63. The second kappa shape index (κ2) is 8.35. The number of aliphatic hydroxyl groups is 1. The number of halogens is 2. The van der Waals surface area contributed by atoms with Gasteiger partial charge >= 0.3 is 33.3 Å². The number of carbonyl (C=O) groups is 3. The largest absolute Gasteiger partial charge is 0.465 e. The molecule has 0 aromatic rings. The molecule has 5 fully saturated rings.